The van der Waals surface area contributed by atoms with Crippen LogP contribution >= 0.6 is 0 Å². The molecule has 1 amide bonds. The smallest absolute Gasteiger partial charge is 0.254 e. The Bertz CT molecular complexity index is 417. The van der Waals surface area contributed by atoms with Crippen molar-refractivity contribution in [2.45, 2.75) is 38.2 Å². The van der Waals surface area contributed by atoms with Crippen molar-refractivity contribution in [3.63, 3.8) is 0 Å². The first-order chi connectivity index (χ1) is 9.27. The molecule has 0 aliphatic heterocycles. The molecule has 1 aliphatic carbocycles. The first-order valence-electron chi connectivity index (χ1n) is 6.76. The van der Waals surface area contributed by atoms with Crippen LogP contribution in [0, 0.1) is 0 Å². The van der Waals surface area contributed by atoms with Gasteiger partial charge in [0.15, 0.2) is 0 Å². The van der Waals surface area contributed by atoms with E-state index in [1.807, 2.05) is 0 Å². The lowest BCUT2D eigenvalue weighted by molar-refractivity contribution is 0.0122. The van der Waals surface area contributed by atoms with Crippen LogP contribution in [0.1, 0.15) is 42.5 Å². The maximum Gasteiger partial charge on any atom is 0.254 e. The molecule has 1 heterocycles. The van der Waals surface area contributed by atoms with E-state index in [4.69, 9.17) is 15.2 Å². The quantitative estimate of drug-likeness (QED) is 0.796. The van der Waals surface area contributed by atoms with Crippen molar-refractivity contribution in [2.24, 2.45) is 5.73 Å². The van der Waals surface area contributed by atoms with Gasteiger partial charge in [-0.1, -0.05) is 19.3 Å². The van der Waals surface area contributed by atoms with Crippen molar-refractivity contribution < 1.29 is 14.3 Å². The number of nitrogens with zero attached hydrogens (tertiary/aromatic N) is 1. The normalized spacial score (nSPS) is 16.2. The van der Waals surface area contributed by atoms with Crippen molar-refractivity contribution in [3.8, 4) is 5.88 Å². The summed E-state index contributed by atoms with van der Waals surface area (Å²) in [5, 5.41) is 0. The molecule has 19 heavy (non-hydrogen) atoms. The van der Waals surface area contributed by atoms with Gasteiger partial charge in [0.25, 0.3) is 5.91 Å². The number of hydrogen-bond donors (Lipinski definition) is 1. The van der Waals surface area contributed by atoms with Crippen LogP contribution in [0.4, 0.5) is 0 Å². The van der Waals surface area contributed by atoms with Gasteiger partial charge in [-0.05, 0) is 25.0 Å². The summed E-state index contributed by atoms with van der Waals surface area (Å²) in [6.45, 7) is 0.896. The van der Waals surface area contributed by atoms with E-state index in [1.54, 1.807) is 18.3 Å². The van der Waals surface area contributed by atoms with Gasteiger partial charge < -0.3 is 15.2 Å². The van der Waals surface area contributed by atoms with Gasteiger partial charge in [-0.3, -0.25) is 4.79 Å². The van der Waals surface area contributed by atoms with Gasteiger partial charge in [0.1, 0.15) is 12.2 Å². The van der Waals surface area contributed by atoms with Crippen LogP contribution in [0.5, 0.6) is 5.88 Å². The van der Waals surface area contributed by atoms with Crippen molar-refractivity contribution in [3.05, 3.63) is 23.9 Å². The fourth-order valence-corrected chi connectivity index (χ4v) is 2.28. The fourth-order valence-electron chi connectivity index (χ4n) is 2.28. The van der Waals surface area contributed by atoms with E-state index in [-0.39, 0.29) is 5.88 Å². The highest BCUT2D eigenvalue weighted by atomic mass is 16.5. The molecule has 1 aliphatic rings. The molecule has 0 bridgehead atoms. The Balaban J connectivity index is 1.74. The zero-order valence-electron chi connectivity index (χ0n) is 11.0. The third kappa shape index (κ3) is 4.21. The highest BCUT2D eigenvalue weighted by Crippen LogP contribution is 2.20. The number of hydrogen-bond acceptors (Lipinski definition) is 4. The molecule has 0 unspecified atom stereocenters. The average Bonchev–Trinajstić information content (AvgIpc) is 2.45. The van der Waals surface area contributed by atoms with Gasteiger partial charge in [-0.15, -0.1) is 0 Å². The van der Waals surface area contributed by atoms with E-state index >= 15 is 0 Å². The summed E-state index contributed by atoms with van der Waals surface area (Å²) < 4.78 is 11.2. The van der Waals surface area contributed by atoms with Crippen LogP contribution in [0.2, 0.25) is 0 Å². The number of aromatic nitrogens is 1. The molecular weight excluding hydrogens is 244 g/mol. The van der Waals surface area contributed by atoms with Crippen molar-refractivity contribution in [1.29, 1.82) is 0 Å². The molecule has 1 saturated carbocycles. The Morgan fingerprint density at radius 3 is 2.84 bits per heavy atom. The molecule has 5 heteroatoms. The molecule has 5 nitrogen and oxygen atoms in total. The second-order valence-electron chi connectivity index (χ2n) is 4.70. The summed E-state index contributed by atoms with van der Waals surface area (Å²) in [6.07, 6.45) is 8.01. The van der Waals surface area contributed by atoms with Crippen LogP contribution in [-0.2, 0) is 4.74 Å². The fraction of sp³-hybridized carbons (Fsp3) is 0.571. The van der Waals surface area contributed by atoms with E-state index in [1.165, 1.54) is 19.3 Å². The average molecular weight is 264 g/mol. The topological polar surface area (TPSA) is 74.4 Å². The van der Waals surface area contributed by atoms with E-state index < -0.39 is 5.91 Å². The van der Waals surface area contributed by atoms with Crippen molar-refractivity contribution in [2.75, 3.05) is 13.2 Å². The predicted molar refractivity (Wildman–Crippen MR) is 71.1 cm³/mol. The lowest BCUT2D eigenvalue weighted by atomic mass is 9.98. The summed E-state index contributed by atoms with van der Waals surface area (Å²) in [7, 11) is 0. The SMILES string of the molecule is NC(=O)c1cccnc1OCCOC1CCCCC1. The molecule has 2 rings (SSSR count). The first-order valence-corrected chi connectivity index (χ1v) is 6.76. The highest BCUT2D eigenvalue weighted by Gasteiger charge is 2.14. The van der Waals surface area contributed by atoms with Gasteiger partial charge in [0.2, 0.25) is 5.88 Å². The second kappa shape index (κ2) is 7.09. The molecular formula is C14H20N2O3. The van der Waals surface area contributed by atoms with Gasteiger partial charge in [0.05, 0.1) is 12.7 Å². The van der Waals surface area contributed by atoms with Crippen LogP contribution in [-0.4, -0.2) is 30.2 Å². The Kier molecular flexibility index (Phi) is 5.15. The lowest BCUT2D eigenvalue weighted by Crippen LogP contribution is -2.20. The summed E-state index contributed by atoms with van der Waals surface area (Å²) in [4.78, 5) is 15.2. The molecule has 0 saturated heterocycles. The Labute approximate surface area is 113 Å². The number of carbonyl (C=O) groups is 1. The monoisotopic (exact) mass is 264 g/mol. The van der Waals surface area contributed by atoms with E-state index in [2.05, 4.69) is 4.98 Å². The van der Waals surface area contributed by atoms with Gasteiger partial charge in [0, 0.05) is 6.20 Å². The van der Waals surface area contributed by atoms with E-state index in [0.29, 0.717) is 24.9 Å². The van der Waals surface area contributed by atoms with E-state index in [9.17, 15) is 4.79 Å². The number of amides is 1. The van der Waals surface area contributed by atoms with Gasteiger partial charge in [-0.25, -0.2) is 4.98 Å². The number of ether oxygens (including phenoxy) is 2. The van der Waals surface area contributed by atoms with Crippen LogP contribution in [0.25, 0.3) is 0 Å². The zero-order valence-corrected chi connectivity index (χ0v) is 11.0. The second-order valence-corrected chi connectivity index (χ2v) is 4.70. The first kappa shape index (κ1) is 13.8. The standard InChI is InChI=1S/C14H20N2O3/c15-13(17)12-7-4-8-16-14(12)19-10-9-18-11-5-2-1-3-6-11/h4,7-8,11H,1-3,5-6,9-10H2,(H2,15,17). The minimum Gasteiger partial charge on any atom is -0.475 e. The Morgan fingerprint density at radius 2 is 2.11 bits per heavy atom. The van der Waals surface area contributed by atoms with Crippen LogP contribution in [0.15, 0.2) is 18.3 Å². The molecule has 0 spiro atoms. The zero-order chi connectivity index (χ0) is 13.5. The molecule has 0 radical (unpaired) electrons. The maximum absolute atomic E-state index is 11.2. The summed E-state index contributed by atoms with van der Waals surface area (Å²) in [5.41, 5.74) is 5.55. The molecule has 0 aromatic carbocycles. The predicted octanol–water partition coefficient (Wildman–Crippen LogP) is 1.91. The van der Waals surface area contributed by atoms with Crippen molar-refractivity contribution in [1.82, 2.24) is 4.98 Å². The third-order valence-corrected chi connectivity index (χ3v) is 3.26. The molecule has 104 valence electrons. The molecule has 1 fully saturated rings. The van der Waals surface area contributed by atoms with Gasteiger partial charge >= 0.3 is 0 Å². The molecule has 1 aromatic heterocycles. The lowest BCUT2D eigenvalue weighted by Gasteiger charge is -2.21. The summed E-state index contributed by atoms with van der Waals surface area (Å²) in [5.74, 6) is -0.251. The largest absolute Gasteiger partial charge is 0.475 e. The molecule has 0 atom stereocenters. The summed E-state index contributed by atoms with van der Waals surface area (Å²) >= 11 is 0. The number of primary amides is 1. The Morgan fingerprint density at radius 1 is 1.32 bits per heavy atom. The summed E-state index contributed by atoms with van der Waals surface area (Å²) in [6, 6.07) is 3.26. The molecule has 1 aromatic rings. The van der Waals surface area contributed by atoms with Gasteiger partial charge in [-0.2, -0.15) is 0 Å². The van der Waals surface area contributed by atoms with Crippen LogP contribution in [0.3, 0.4) is 0 Å². The maximum atomic E-state index is 11.2. The number of pyridine rings is 1. The van der Waals surface area contributed by atoms with Crippen LogP contribution < -0.4 is 10.5 Å². The molecule has 2 N–H and O–H groups in total. The number of rotatable bonds is 6. The van der Waals surface area contributed by atoms with E-state index in [0.717, 1.165) is 12.8 Å². The minimum atomic E-state index is -0.531. The van der Waals surface area contributed by atoms with Crippen molar-refractivity contribution >= 4 is 5.91 Å². The Hall–Kier alpha value is -1.62. The number of carbonyl (C=O) groups excluding carboxylic acids is 1. The minimum absolute atomic E-state index is 0.280. The third-order valence-electron chi connectivity index (χ3n) is 3.26. The highest BCUT2D eigenvalue weighted by molar-refractivity contribution is 5.94. The number of nitrogens with two attached hydrogens (primary N) is 1.